The Balaban J connectivity index is 2.38. The lowest BCUT2D eigenvalue weighted by Crippen LogP contribution is -2.03. The van der Waals surface area contributed by atoms with Gasteiger partial charge in [-0.05, 0) is 44.2 Å². The fourth-order valence-electron chi connectivity index (χ4n) is 1.87. The molecule has 0 spiro atoms. The number of carbonyl (C=O) groups excluding carboxylic acids is 1. The first-order valence-electron chi connectivity index (χ1n) is 5.71. The van der Waals surface area contributed by atoms with Gasteiger partial charge in [-0.1, -0.05) is 0 Å². The molecule has 2 rings (SSSR count). The van der Waals surface area contributed by atoms with Gasteiger partial charge in [0.15, 0.2) is 15.6 Å². The molecule has 0 fully saturated rings. The highest BCUT2D eigenvalue weighted by molar-refractivity contribution is 7.90. The molecule has 0 unspecified atom stereocenters. The van der Waals surface area contributed by atoms with Crippen LogP contribution in [-0.4, -0.2) is 20.5 Å². The summed E-state index contributed by atoms with van der Waals surface area (Å²) in [4.78, 5) is 12.4. The van der Waals surface area contributed by atoms with Crippen LogP contribution in [0.15, 0.2) is 39.6 Å². The first-order chi connectivity index (χ1) is 8.79. The van der Waals surface area contributed by atoms with Crippen LogP contribution >= 0.6 is 0 Å². The van der Waals surface area contributed by atoms with E-state index in [9.17, 15) is 13.2 Å². The molecule has 100 valence electrons. The molecule has 0 aliphatic heterocycles. The maximum absolute atomic E-state index is 12.2. The van der Waals surface area contributed by atoms with Gasteiger partial charge < -0.3 is 4.42 Å². The van der Waals surface area contributed by atoms with E-state index in [2.05, 4.69) is 0 Å². The summed E-state index contributed by atoms with van der Waals surface area (Å²) in [6, 6.07) is 7.58. The van der Waals surface area contributed by atoms with Gasteiger partial charge >= 0.3 is 0 Å². The Morgan fingerprint density at radius 3 is 2.11 bits per heavy atom. The Hall–Kier alpha value is -1.88. The molecule has 5 heteroatoms. The number of hydrogen-bond donors (Lipinski definition) is 0. The van der Waals surface area contributed by atoms with E-state index in [4.69, 9.17) is 4.42 Å². The smallest absolute Gasteiger partial charge is 0.196 e. The van der Waals surface area contributed by atoms with Crippen molar-refractivity contribution in [3.63, 3.8) is 0 Å². The molecular weight excluding hydrogens is 264 g/mol. The molecule has 2 aromatic rings. The van der Waals surface area contributed by atoms with Crippen molar-refractivity contribution in [2.24, 2.45) is 0 Å². The molecule has 0 radical (unpaired) electrons. The Bertz CT molecular complexity index is 721. The van der Waals surface area contributed by atoms with E-state index in [0.717, 1.165) is 6.26 Å². The van der Waals surface area contributed by atoms with E-state index in [1.165, 1.54) is 24.3 Å². The van der Waals surface area contributed by atoms with E-state index in [1.807, 2.05) is 0 Å². The first-order valence-corrected chi connectivity index (χ1v) is 7.60. The Morgan fingerprint density at radius 1 is 1.11 bits per heavy atom. The number of furan rings is 1. The summed E-state index contributed by atoms with van der Waals surface area (Å²) in [5, 5.41) is 0. The van der Waals surface area contributed by atoms with Crippen LogP contribution in [-0.2, 0) is 9.84 Å². The summed E-state index contributed by atoms with van der Waals surface area (Å²) in [5.74, 6) is 1.07. The van der Waals surface area contributed by atoms with E-state index in [1.54, 1.807) is 19.9 Å². The van der Waals surface area contributed by atoms with Gasteiger partial charge in [-0.2, -0.15) is 0 Å². The van der Waals surface area contributed by atoms with Crippen LogP contribution in [0.2, 0.25) is 0 Å². The normalized spacial score (nSPS) is 11.5. The van der Waals surface area contributed by atoms with Crippen LogP contribution in [0.5, 0.6) is 0 Å². The van der Waals surface area contributed by atoms with Crippen molar-refractivity contribution in [1.29, 1.82) is 0 Å². The quantitative estimate of drug-likeness (QED) is 0.809. The molecule has 19 heavy (non-hydrogen) atoms. The molecule has 0 aliphatic carbocycles. The third-order valence-electron chi connectivity index (χ3n) is 2.83. The van der Waals surface area contributed by atoms with Crippen LogP contribution in [0.4, 0.5) is 0 Å². The molecular formula is C14H14O4S. The highest BCUT2D eigenvalue weighted by Gasteiger charge is 2.16. The zero-order valence-corrected chi connectivity index (χ0v) is 11.7. The van der Waals surface area contributed by atoms with E-state index >= 15 is 0 Å². The largest absolute Gasteiger partial charge is 0.466 e. The molecule has 0 saturated heterocycles. The Morgan fingerprint density at radius 2 is 1.68 bits per heavy atom. The van der Waals surface area contributed by atoms with Gasteiger partial charge in [-0.25, -0.2) is 8.42 Å². The lowest BCUT2D eigenvalue weighted by Gasteiger charge is -2.01. The monoisotopic (exact) mass is 278 g/mol. The van der Waals surface area contributed by atoms with Crippen molar-refractivity contribution >= 4 is 15.6 Å². The Kier molecular flexibility index (Phi) is 3.32. The topological polar surface area (TPSA) is 64.3 Å². The fraction of sp³-hybridized carbons (Fsp3) is 0.214. The van der Waals surface area contributed by atoms with Gasteiger partial charge in [0, 0.05) is 11.8 Å². The Labute approximate surface area is 112 Å². The van der Waals surface area contributed by atoms with Crippen molar-refractivity contribution in [3.05, 3.63) is 53.0 Å². The van der Waals surface area contributed by atoms with E-state index < -0.39 is 9.84 Å². The summed E-state index contributed by atoms with van der Waals surface area (Å²) >= 11 is 0. The molecule has 0 amide bonds. The number of sulfone groups is 1. The predicted molar refractivity (Wildman–Crippen MR) is 71.2 cm³/mol. The number of carbonyl (C=O) groups is 1. The SMILES string of the molecule is Cc1cc(C(=O)c2ccc(S(C)(=O)=O)cc2)c(C)o1. The molecule has 0 bridgehead atoms. The third kappa shape index (κ3) is 2.76. The van der Waals surface area contributed by atoms with Crippen LogP contribution in [0.3, 0.4) is 0 Å². The summed E-state index contributed by atoms with van der Waals surface area (Å²) in [6.07, 6.45) is 1.13. The van der Waals surface area contributed by atoms with Crippen LogP contribution in [0, 0.1) is 13.8 Å². The molecule has 0 saturated carbocycles. The van der Waals surface area contributed by atoms with Crippen molar-refractivity contribution in [3.8, 4) is 0 Å². The maximum atomic E-state index is 12.2. The molecule has 0 aliphatic rings. The average molecular weight is 278 g/mol. The van der Waals surface area contributed by atoms with Gasteiger partial charge in [0.1, 0.15) is 11.5 Å². The molecule has 1 aromatic carbocycles. The molecule has 4 nitrogen and oxygen atoms in total. The third-order valence-corrected chi connectivity index (χ3v) is 3.96. The molecule has 0 N–H and O–H groups in total. The summed E-state index contributed by atoms with van der Waals surface area (Å²) in [7, 11) is -3.24. The lowest BCUT2D eigenvalue weighted by atomic mass is 10.0. The average Bonchev–Trinajstić information content (AvgIpc) is 2.66. The minimum Gasteiger partial charge on any atom is -0.466 e. The van der Waals surface area contributed by atoms with Crippen LogP contribution < -0.4 is 0 Å². The van der Waals surface area contributed by atoms with Crippen molar-refractivity contribution in [2.75, 3.05) is 6.26 Å². The van der Waals surface area contributed by atoms with Gasteiger partial charge in [0.2, 0.25) is 0 Å². The van der Waals surface area contributed by atoms with E-state index in [-0.39, 0.29) is 10.7 Å². The van der Waals surface area contributed by atoms with Gasteiger partial charge in [0.05, 0.1) is 10.5 Å². The van der Waals surface area contributed by atoms with Gasteiger partial charge in [-0.3, -0.25) is 4.79 Å². The number of hydrogen-bond acceptors (Lipinski definition) is 4. The molecule has 1 heterocycles. The number of benzene rings is 1. The summed E-state index contributed by atoms with van der Waals surface area (Å²) in [5.41, 5.74) is 0.945. The van der Waals surface area contributed by atoms with Crippen molar-refractivity contribution in [1.82, 2.24) is 0 Å². The minimum atomic E-state index is -3.24. The van der Waals surface area contributed by atoms with Crippen molar-refractivity contribution in [2.45, 2.75) is 18.7 Å². The lowest BCUT2D eigenvalue weighted by molar-refractivity contribution is 0.103. The zero-order chi connectivity index (χ0) is 14.2. The maximum Gasteiger partial charge on any atom is 0.196 e. The van der Waals surface area contributed by atoms with Gasteiger partial charge in [-0.15, -0.1) is 0 Å². The summed E-state index contributed by atoms with van der Waals surface area (Å²) in [6.45, 7) is 3.50. The van der Waals surface area contributed by atoms with E-state index in [0.29, 0.717) is 22.6 Å². The molecule has 0 atom stereocenters. The zero-order valence-electron chi connectivity index (χ0n) is 10.9. The predicted octanol–water partition coefficient (Wildman–Crippen LogP) is 2.53. The van der Waals surface area contributed by atoms with Crippen molar-refractivity contribution < 1.29 is 17.6 Å². The summed E-state index contributed by atoms with van der Waals surface area (Å²) < 4.78 is 28.0. The molecule has 1 aromatic heterocycles. The second kappa shape index (κ2) is 4.66. The standard InChI is InChI=1S/C14H14O4S/c1-9-8-13(10(2)18-9)14(15)11-4-6-12(7-5-11)19(3,16)17/h4-8H,1-3H3. The number of aryl methyl sites for hydroxylation is 2. The minimum absolute atomic E-state index is 0.172. The van der Waals surface area contributed by atoms with Crippen LogP contribution in [0.25, 0.3) is 0 Å². The highest BCUT2D eigenvalue weighted by Crippen LogP contribution is 2.19. The van der Waals surface area contributed by atoms with Crippen LogP contribution in [0.1, 0.15) is 27.4 Å². The van der Waals surface area contributed by atoms with Gasteiger partial charge in [0.25, 0.3) is 0 Å². The highest BCUT2D eigenvalue weighted by atomic mass is 32.2. The number of rotatable bonds is 3. The fourth-order valence-corrected chi connectivity index (χ4v) is 2.50. The number of ketones is 1. The second-order valence-electron chi connectivity index (χ2n) is 4.45. The first kappa shape index (κ1) is 13.5. The second-order valence-corrected chi connectivity index (χ2v) is 6.47.